The van der Waals surface area contributed by atoms with Crippen LogP contribution >= 0.6 is 0 Å². The van der Waals surface area contributed by atoms with Gasteiger partial charge < -0.3 is 5.32 Å². The SMILES string of the molecule is C/C(=C(/F)C(=O)NCCCc1cn[nH]c1)C1CC1. The molecule has 0 radical (unpaired) electrons. The third kappa shape index (κ3) is 3.42. The molecule has 18 heavy (non-hydrogen) atoms. The highest BCUT2D eigenvalue weighted by atomic mass is 19.1. The fraction of sp³-hybridized carbons (Fsp3) is 0.538. The molecule has 1 aromatic rings. The average molecular weight is 251 g/mol. The van der Waals surface area contributed by atoms with Crippen LogP contribution in [-0.2, 0) is 11.2 Å². The lowest BCUT2D eigenvalue weighted by molar-refractivity contribution is -0.119. The molecule has 1 fully saturated rings. The predicted octanol–water partition coefficient (Wildman–Crippen LogP) is 2.11. The van der Waals surface area contributed by atoms with Crippen molar-refractivity contribution < 1.29 is 9.18 Å². The van der Waals surface area contributed by atoms with E-state index in [2.05, 4.69) is 15.5 Å². The maximum absolute atomic E-state index is 13.6. The molecule has 0 atom stereocenters. The minimum absolute atomic E-state index is 0.293. The second-order valence-electron chi connectivity index (χ2n) is 4.74. The number of carbonyl (C=O) groups is 1. The van der Waals surface area contributed by atoms with E-state index in [4.69, 9.17) is 0 Å². The minimum atomic E-state index is -0.596. The molecule has 4 nitrogen and oxygen atoms in total. The molecule has 0 aromatic carbocycles. The Kier molecular flexibility index (Phi) is 4.12. The van der Waals surface area contributed by atoms with Gasteiger partial charge in [-0.3, -0.25) is 9.89 Å². The maximum atomic E-state index is 13.6. The molecule has 5 heteroatoms. The van der Waals surface area contributed by atoms with Gasteiger partial charge in [0.05, 0.1) is 6.20 Å². The fourth-order valence-corrected chi connectivity index (χ4v) is 1.86. The van der Waals surface area contributed by atoms with Crippen LogP contribution in [0.3, 0.4) is 0 Å². The van der Waals surface area contributed by atoms with Crippen molar-refractivity contribution >= 4 is 5.91 Å². The summed E-state index contributed by atoms with van der Waals surface area (Å²) < 4.78 is 13.6. The first-order chi connectivity index (χ1) is 8.68. The zero-order valence-electron chi connectivity index (χ0n) is 10.5. The first-order valence-electron chi connectivity index (χ1n) is 6.30. The molecule has 2 rings (SSSR count). The van der Waals surface area contributed by atoms with Crippen molar-refractivity contribution in [1.29, 1.82) is 0 Å². The van der Waals surface area contributed by atoms with Gasteiger partial charge in [0.25, 0.3) is 5.91 Å². The molecule has 1 saturated carbocycles. The summed E-state index contributed by atoms with van der Waals surface area (Å²) in [6.07, 6.45) is 7.18. The summed E-state index contributed by atoms with van der Waals surface area (Å²) in [5.74, 6) is -0.880. The molecule has 1 heterocycles. The first-order valence-corrected chi connectivity index (χ1v) is 6.30. The Hall–Kier alpha value is -1.65. The summed E-state index contributed by atoms with van der Waals surface area (Å²) in [7, 11) is 0. The van der Waals surface area contributed by atoms with E-state index in [1.807, 2.05) is 6.20 Å². The summed E-state index contributed by atoms with van der Waals surface area (Å²) in [6.45, 7) is 2.19. The van der Waals surface area contributed by atoms with Crippen LogP contribution in [0.2, 0.25) is 0 Å². The molecule has 2 N–H and O–H groups in total. The van der Waals surface area contributed by atoms with E-state index < -0.39 is 11.7 Å². The lowest BCUT2D eigenvalue weighted by Gasteiger charge is -2.05. The number of hydrogen-bond acceptors (Lipinski definition) is 2. The molecular formula is C13H18FN3O. The summed E-state index contributed by atoms with van der Waals surface area (Å²) in [4.78, 5) is 11.5. The molecule has 0 unspecified atom stereocenters. The number of aryl methyl sites for hydroxylation is 1. The number of halogens is 1. The zero-order chi connectivity index (χ0) is 13.0. The maximum Gasteiger partial charge on any atom is 0.279 e. The van der Waals surface area contributed by atoms with E-state index in [0.29, 0.717) is 18.0 Å². The number of hydrogen-bond donors (Lipinski definition) is 2. The average Bonchev–Trinajstić information content (AvgIpc) is 3.10. The van der Waals surface area contributed by atoms with Gasteiger partial charge in [0.15, 0.2) is 5.83 Å². The number of aromatic amines is 1. The van der Waals surface area contributed by atoms with Gasteiger partial charge in [0.2, 0.25) is 0 Å². The second kappa shape index (κ2) is 5.80. The number of allylic oxidation sites excluding steroid dienone is 1. The third-order valence-corrected chi connectivity index (χ3v) is 3.22. The van der Waals surface area contributed by atoms with Gasteiger partial charge in [-0.2, -0.15) is 5.10 Å². The number of nitrogens with zero attached hydrogens (tertiary/aromatic N) is 1. The Labute approximate surface area is 106 Å². The van der Waals surface area contributed by atoms with E-state index in [0.717, 1.165) is 31.2 Å². The summed E-state index contributed by atoms with van der Waals surface area (Å²) in [5, 5.41) is 9.17. The van der Waals surface area contributed by atoms with Crippen LogP contribution in [0.4, 0.5) is 4.39 Å². The van der Waals surface area contributed by atoms with Gasteiger partial charge in [0, 0.05) is 12.7 Å². The molecule has 1 aliphatic rings. The van der Waals surface area contributed by atoms with Crippen LogP contribution < -0.4 is 5.32 Å². The lowest BCUT2D eigenvalue weighted by Crippen LogP contribution is -2.25. The Morgan fingerprint density at radius 2 is 2.39 bits per heavy atom. The number of H-pyrrole nitrogens is 1. The van der Waals surface area contributed by atoms with Gasteiger partial charge in [-0.25, -0.2) is 4.39 Å². The number of aromatic nitrogens is 2. The fourth-order valence-electron chi connectivity index (χ4n) is 1.86. The van der Waals surface area contributed by atoms with Gasteiger partial charge in [-0.05, 0) is 49.7 Å². The molecule has 98 valence electrons. The van der Waals surface area contributed by atoms with Crippen molar-refractivity contribution in [3.8, 4) is 0 Å². The largest absolute Gasteiger partial charge is 0.350 e. The Balaban J connectivity index is 1.70. The van der Waals surface area contributed by atoms with E-state index >= 15 is 0 Å². The molecule has 0 saturated heterocycles. The molecule has 1 aliphatic carbocycles. The van der Waals surface area contributed by atoms with Crippen molar-refractivity contribution in [3.05, 3.63) is 29.4 Å². The van der Waals surface area contributed by atoms with Crippen molar-refractivity contribution in [1.82, 2.24) is 15.5 Å². The normalized spacial score (nSPS) is 16.3. The number of rotatable bonds is 6. The van der Waals surface area contributed by atoms with Crippen molar-refractivity contribution in [2.45, 2.75) is 32.6 Å². The Morgan fingerprint density at radius 3 is 3.00 bits per heavy atom. The van der Waals surface area contributed by atoms with Crippen molar-refractivity contribution in [2.24, 2.45) is 5.92 Å². The highest BCUT2D eigenvalue weighted by Gasteiger charge is 2.27. The number of amides is 1. The molecular weight excluding hydrogens is 233 g/mol. The Morgan fingerprint density at radius 1 is 1.61 bits per heavy atom. The summed E-state index contributed by atoms with van der Waals surface area (Å²) >= 11 is 0. The van der Waals surface area contributed by atoms with Crippen LogP contribution in [0, 0.1) is 5.92 Å². The predicted molar refractivity (Wildman–Crippen MR) is 66.5 cm³/mol. The standard InChI is InChI=1S/C13H18FN3O/c1-9(11-4-5-11)12(14)13(18)15-6-2-3-10-7-16-17-8-10/h7-8,11H,2-6H2,1H3,(H,15,18)(H,16,17)/b12-9-. The summed E-state index contributed by atoms with van der Waals surface area (Å²) in [5.41, 5.74) is 1.69. The van der Waals surface area contributed by atoms with Crippen LogP contribution in [0.15, 0.2) is 23.8 Å². The van der Waals surface area contributed by atoms with E-state index in [-0.39, 0.29) is 0 Å². The smallest absolute Gasteiger partial charge is 0.279 e. The van der Waals surface area contributed by atoms with Gasteiger partial charge in [0.1, 0.15) is 0 Å². The van der Waals surface area contributed by atoms with Crippen molar-refractivity contribution in [3.63, 3.8) is 0 Å². The molecule has 1 amide bonds. The quantitative estimate of drug-likeness (QED) is 0.601. The first kappa shape index (κ1) is 12.8. The third-order valence-electron chi connectivity index (χ3n) is 3.22. The second-order valence-corrected chi connectivity index (χ2v) is 4.74. The number of nitrogens with one attached hydrogen (secondary N) is 2. The highest BCUT2D eigenvalue weighted by molar-refractivity contribution is 5.91. The van der Waals surface area contributed by atoms with E-state index in [1.165, 1.54) is 0 Å². The van der Waals surface area contributed by atoms with Gasteiger partial charge in [-0.15, -0.1) is 0 Å². The molecule has 0 bridgehead atoms. The highest BCUT2D eigenvalue weighted by Crippen LogP contribution is 2.37. The van der Waals surface area contributed by atoms with Gasteiger partial charge in [-0.1, -0.05) is 0 Å². The molecule has 0 spiro atoms. The topological polar surface area (TPSA) is 57.8 Å². The van der Waals surface area contributed by atoms with E-state index in [9.17, 15) is 9.18 Å². The van der Waals surface area contributed by atoms with E-state index in [1.54, 1.807) is 13.1 Å². The summed E-state index contributed by atoms with van der Waals surface area (Å²) in [6, 6.07) is 0. The van der Waals surface area contributed by atoms with Crippen LogP contribution in [-0.4, -0.2) is 22.6 Å². The van der Waals surface area contributed by atoms with Crippen LogP contribution in [0.1, 0.15) is 31.7 Å². The molecule has 0 aliphatic heterocycles. The number of carbonyl (C=O) groups excluding carboxylic acids is 1. The zero-order valence-corrected chi connectivity index (χ0v) is 10.5. The monoisotopic (exact) mass is 251 g/mol. The van der Waals surface area contributed by atoms with Crippen molar-refractivity contribution in [2.75, 3.05) is 6.54 Å². The van der Waals surface area contributed by atoms with Crippen LogP contribution in [0.25, 0.3) is 0 Å². The lowest BCUT2D eigenvalue weighted by atomic mass is 10.1. The molecule has 1 aromatic heterocycles. The Bertz CT molecular complexity index is 435. The minimum Gasteiger partial charge on any atom is -0.350 e. The van der Waals surface area contributed by atoms with Gasteiger partial charge >= 0.3 is 0 Å². The van der Waals surface area contributed by atoms with Crippen LogP contribution in [0.5, 0.6) is 0 Å².